The standard InChI is InChI=1S/C12H14BrNO2/c1-7-2-3-10-8(4-7)9(6-14-10)12(16)11(15)5-13/h2-4,6,11-12,14-16H,5H2,1H3. The average Bonchev–Trinajstić information content (AvgIpc) is 2.69. The molecule has 4 heteroatoms. The maximum absolute atomic E-state index is 9.97. The number of aryl methyl sites for hydroxylation is 1. The first-order valence-electron chi connectivity index (χ1n) is 5.13. The monoisotopic (exact) mass is 283 g/mol. The van der Waals surface area contributed by atoms with Gasteiger partial charge in [0.1, 0.15) is 6.10 Å². The Morgan fingerprint density at radius 1 is 1.38 bits per heavy atom. The SMILES string of the molecule is Cc1ccc2[nH]cc(C(O)C(O)CBr)c2c1. The molecule has 0 aliphatic carbocycles. The zero-order valence-corrected chi connectivity index (χ0v) is 10.5. The zero-order valence-electron chi connectivity index (χ0n) is 8.94. The van der Waals surface area contributed by atoms with Crippen LogP contribution in [0.5, 0.6) is 0 Å². The first kappa shape index (κ1) is 11.6. The van der Waals surface area contributed by atoms with Gasteiger partial charge in [-0.05, 0) is 19.1 Å². The molecule has 2 atom stereocenters. The van der Waals surface area contributed by atoms with E-state index < -0.39 is 12.2 Å². The molecule has 1 heterocycles. The fourth-order valence-electron chi connectivity index (χ4n) is 1.79. The Morgan fingerprint density at radius 2 is 2.12 bits per heavy atom. The summed E-state index contributed by atoms with van der Waals surface area (Å²) in [6.45, 7) is 2.00. The van der Waals surface area contributed by atoms with Crippen molar-refractivity contribution in [1.29, 1.82) is 0 Å². The van der Waals surface area contributed by atoms with Crippen LogP contribution in [0.15, 0.2) is 24.4 Å². The summed E-state index contributed by atoms with van der Waals surface area (Å²) in [5, 5.41) is 20.9. The van der Waals surface area contributed by atoms with Crippen molar-refractivity contribution in [1.82, 2.24) is 4.98 Å². The van der Waals surface area contributed by atoms with E-state index in [2.05, 4.69) is 20.9 Å². The molecular formula is C12H14BrNO2. The molecular weight excluding hydrogens is 270 g/mol. The summed E-state index contributed by atoms with van der Waals surface area (Å²) in [5.74, 6) is 0. The number of nitrogens with one attached hydrogen (secondary N) is 1. The second-order valence-corrected chi connectivity index (χ2v) is 4.61. The number of benzene rings is 1. The van der Waals surface area contributed by atoms with Crippen LogP contribution >= 0.6 is 15.9 Å². The Morgan fingerprint density at radius 3 is 2.81 bits per heavy atom. The number of aliphatic hydroxyl groups excluding tert-OH is 2. The fourth-order valence-corrected chi connectivity index (χ4v) is 2.15. The van der Waals surface area contributed by atoms with Crippen molar-refractivity contribution in [2.24, 2.45) is 0 Å². The lowest BCUT2D eigenvalue weighted by atomic mass is 10.0. The molecule has 0 aliphatic heterocycles. The third-order valence-electron chi connectivity index (χ3n) is 2.71. The lowest BCUT2D eigenvalue weighted by molar-refractivity contribution is 0.0352. The van der Waals surface area contributed by atoms with E-state index >= 15 is 0 Å². The third-order valence-corrected chi connectivity index (χ3v) is 3.37. The van der Waals surface area contributed by atoms with Gasteiger partial charge in [-0.15, -0.1) is 0 Å². The second-order valence-electron chi connectivity index (χ2n) is 3.96. The van der Waals surface area contributed by atoms with Gasteiger partial charge in [0, 0.05) is 28.0 Å². The van der Waals surface area contributed by atoms with Gasteiger partial charge in [0.15, 0.2) is 0 Å². The largest absolute Gasteiger partial charge is 0.389 e. The molecule has 0 saturated heterocycles. The number of aromatic nitrogens is 1. The molecule has 0 spiro atoms. The molecule has 3 N–H and O–H groups in total. The van der Waals surface area contributed by atoms with E-state index in [1.54, 1.807) is 6.20 Å². The topological polar surface area (TPSA) is 56.2 Å². The van der Waals surface area contributed by atoms with Crippen molar-refractivity contribution in [2.75, 3.05) is 5.33 Å². The first-order valence-corrected chi connectivity index (χ1v) is 6.25. The van der Waals surface area contributed by atoms with Crippen LogP contribution in [0, 0.1) is 6.92 Å². The van der Waals surface area contributed by atoms with E-state index in [1.165, 1.54) is 0 Å². The predicted molar refractivity (Wildman–Crippen MR) is 67.8 cm³/mol. The fraction of sp³-hybridized carbons (Fsp3) is 0.333. The molecule has 0 radical (unpaired) electrons. The number of fused-ring (bicyclic) bond motifs is 1. The van der Waals surface area contributed by atoms with Crippen LogP contribution in [-0.2, 0) is 0 Å². The Kier molecular flexibility index (Phi) is 3.33. The van der Waals surface area contributed by atoms with Crippen LogP contribution in [0.3, 0.4) is 0 Å². The summed E-state index contributed by atoms with van der Waals surface area (Å²) in [6.07, 6.45) is 0.0927. The molecule has 2 rings (SSSR count). The highest BCUT2D eigenvalue weighted by Gasteiger charge is 2.20. The van der Waals surface area contributed by atoms with Crippen molar-refractivity contribution in [3.63, 3.8) is 0 Å². The number of rotatable bonds is 3. The second kappa shape index (κ2) is 4.57. The van der Waals surface area contributed by atoms with E-state index in [1.807, 2.05) is 25.1 Å². The Hall–Kier alpha value is -0.840. The number of H-pyrrole nitrogens is 1. The number of halogens is 1. The molecule has 2 unspecified atom stereocenters. The van der Waals surface area contributed by atoms with Crippen LogP contribution in [-0.4, -0.2) is 26.6 Å². The Balaban J connectivity index is 2.48. The van der Waals surface area contributed by atoms with Crippen molar-refractivity contribution >= 4 is 26.8 Å². The molecule has 0 amide bonds. The summed E-state index contributed by atoms with van der Waals surface area (Å²) in [7, 11) is 0. The molecule has 0 saturated carbocycles. The minimum Gasteiger partial charge on any atom is -0.389 e. The Bertz CT molecular complexity index is 495. The predicted octanol–water partition coefficient (Wildman–Crippen LogP) is 2.27. The van der Waals surface area contributed by atoms with Gasteiger partial charge in [0.05, 0.1) is 6.10 Å². The van der Waals surface area contributed by atoms with Gasteiger partial charge in [-0.2, -0.15) is 0 Å². The summed E-state index contributed by atoms with van der Waals surface area (Å²) >= 11 is 3.16. The molecule has 0 bridgehead atoms. The smallest absolute Gasteiger partial charge is 0.108 e. The highest BCUT2D eigenvalue weighted by Crippen LogP contribution is 2.27. The van der Waals surface area contributed by atoms with Crippen molar-refractivity contribution < 1.29 is 10.2 Å². The highest BCUT2D eigenvalue weighted by atomic mass is 79.9. The summed E-state index contributed by atoms with van der Waals surface area (Å²) in [5.41, 5.74) is 2.85. The highest BCUT2D eigenvalue weighted by molar-refractivity contribution is 9.09. The summed E-state index contributed by atoms with van der Waals surface area (Å²) in [4.78, 5) is 3.09. The summed E-state index contributed by atoms with van der Waals surface area (Å²) in [6, 6.07) is 5.99. The quantitative estimate of drug-likeness (QED) is 0.757. The third kappa shape index (κ3) is 2.00. The number of hydrogen-bond acceptors (Lipinski definition) is 2. The normalized spacial score (nSPS) is 15.2. The summed E-state index contributed by atoms with van der Waals surface area (Å²) < 4.78 is 0. The molecule has 1 aromatic carbocycles. The van der Waals surface area contributed by atoms with Gasteiger partial charge in [-0.3, -0.25) is 0 Å². The van der Waals surface area contributed by atoms with Crippen LogP contribution in [0.4, 0.5) is 0 Å². The first-order chi connectivity index (χ1) is 7.63. The van der Waals surface area contributed by atoms with Crippen LogP contribution in [0.25, 0.3) is 10.9 Å². The molecule has 0 fully saturated rings. The maximum atomic E-state index is 9.97. The van der Waals surface area contributed by atoms with Gasteiger partial charge in [0.25, 0.3) is 0 Å². The molecule has 2 aromatic rings. The van der Waals surface area contributed by atoms with E-state index in [4.69, 9.17) is 0 Å². The van der Waals surface area contributed by atoms with Gasteiger partial charge >= 0.3 is 0 Å². The zero-order chi connectivity index (χ0) is 11.7. The van der Waals surface area contributed by atoms with Gasteiger partial charge in [-0.1, -0.05) is 27.6 Å². The van der Waals surface area contributed by atoms with Crippen LogP contribution < -0.4 is 0 Å². The number of aliphatic hydroxyl groups is 2. The molecule has 16 heavy (non-hydrogen) atoms. The minimum atomic E-state index is -0.866. The van der Waals surface area contributed by atoms with E-state index in [9.17, 15) is 10.2 Å². The lowest BCUT2D eigenvalue weighted by Gasteiger charge is -2.14. The average molecular weight is 284 g/mol. The van der Waals surface area contributed by atoms with E-state index in [-0.39, 0.29) is 0 Å². The van der Waals surface area contributed by atoms with Crippen molar-refractivity contribution in [3.05, 3.63) is 35.5 Å². The lowest BCUT2D eigenvalue weighted by Crippen LogP contribution is -2.19. The number of alkyl halides is 1. The molecule has 86 valence electrons. The van der Waals surface area contributed by atoms with E-state index in [0.29, 0.717) is 5.33 Å². The molecule has 0 aliphatic rings. The molecule has 3 nitrogen and oxygen atoms in total. The van der Waals surface area contributed by atoms with Gasteiger partial charge in [0.2, 0.25) is 0 Å². The molecule has 1 aromatic heterocycles. The van der Waals surface area contributed by atoms with Gasteiger partial charge < -0.3 is 15.2 Å². The van der Waals surface area contributed by atoms with Crippen LogP contribution in [0.1, 0.15) is 17.2 Å². The Labute approximate surface area is 102 Å². The van der Waals surface area contributed by atoms with Crippen LogP contribution in [0.2, 0.25) is 0 Å². The van der Waals surface area contributed by atoms with Gasteiger partial charge in [-0.25, -0.2) is 0 Å². The van der Waals surface area contributed by atoms with Crippen molar-refractivity contribution in [3.8, 4) is 0 Å². The minimum absolute atomic E-state index is 0.354. The van der Waals surface area contributed by atoms with Crippen molar-refractivity contribution in [2.45, 2.75) is 19.1 Å². The van der Waals surface area contributed by atoms with E-state index in [0.717, 1.165) is 22.0 Å². The number of aromatic amines is 1. The number of hydrogen-bond donors (Lipinski definition) is 3. The maximum Gasteiger partial charge on any atom is 0.108 e.